The molecule has 1 aliphatic heterocycles. The van der Waals surface area contributed by atoms with Crippen LogP contribution in [0.25, 0.3) is 0 Å². The van der Waals surface area contributed by atoms with Crippen molar-refractivity contribution in [3.63, 3.8) is 0 Å². The Morgan fingerprint density at radius 2 is 2.00 bits per heavy atom. The van der Waals surface area contributed by atoms with E-state index in [1.165, 1.54) is 13.3 Å². The Morgan fingerprint density at radius 3 is 2.64 bits per heavy atom. The number of sulfonamides is 1. The second kappa shape index (κ2) is 7.44. The highest BCUT2D eigenvalue weighted by Crippen LogP contribution is 2.19. The highest BCUT2D eigenvalue weighted by Gasteiger charge is 2.23. The lowest BCUT2D eigenvalue weighted by atomic mass is 10.1. The van der Waals surface area contributed by atoms with E-state index in [0.29, 0.717) is 6.54 Å². The SMILES string of the molecule is CC(=O)Nc1nnc(S(=O)(=O)NCC(C)N2CCCCC2)s1. The lowest BCUT2D eigenvalue weighted by Gasteiger charge is -2.32. The van der Waals surface area contributed by atoms with Gasteiger partial charge in [-0.3, -0.25) is 9.69 Å². The summed E-state index contributed by atoms with van der Waals surface area (Å²) in [5, 5.41) is 9.86. The van der Waals surface area contributed by atoms with Gasteiger partial charge < -0.3 is 5.32 Å². The maximum absolute atomic E-state index is 12.2. The number of carbonyl (C=O) groups excluding carboxylic acids is 1. The number of carbonyl (C=O) groups is 1. The summed E-state index contributed by atoms with van der Waals surface area (Å²) in [5.41, 5.74) is 0. The molecule has 1 aromatic heterocycles. The topological polar surface area (TPSA) is 104 Å². The van der Waals surface area contributed by atoms with E-state index >= 15 is 0 Å². The first-order valence-electron chi connectivity index (χ1n) is 7.23. The van der Waals surface area contributed by atoms with E-state index < -0.39 is 10.0 Å². The minimum absolute atomic E-state index is 0.137. The van der Waals surface area contributed by atoms with Gasteiger partial charge in [-0.1, -0.05) is 17.8 Å². The number of hydrogen-bond acceptors (Lipinski definition) is 7. The maximum Gasteiger partial charge on any atom is 0.269 e. The maximum atomic E-state index is 12.2. The zero-order valence-corrected chi connectivity index (χ0v) is 14.3. The van der Waals surface area contributed by atoms with Gasteiger partial charge in [0.25, 0.3) is 10.0 Å². The Labute approximate surface area is 134 Å². The van der Waals surface area contributed by atoms with Gasteiger partial charge in [-0.15, -0.1) is 10.2 Å². The zero-order chi connectivity index (χ0) is 16.2. The summed E-state index contributed by atoms with van der Waals surface area (Å²) in [6.45, 7) is 5.69. The Hall–Kier alpha value is -1.10. The van der Waals surface area contributed by atoms with E-state index in [1.807, 2.05) is 6.92 Å². The smallest absolute Gasteiger partial charge is 0.269 e. The fraction of sp³-hybridized carbons (Fsp3) is 0.750. The predicted molar refractivity (Wildman–Crippen MR) is 84.3 cm³/mol. The molecular weight excluding hydrogens is 326 g/mol. The largest absolute Gasteiger partial charge is 0.301 e. The molecule has 8 nitrogen and oxygen atoms in total. The van der Waals surface area contributed by atoms with Gasteiger partial charge in [0.05, 0.1) is 0 Å². The van der Waals surface area contributed by atoms with E-state index in [4.69, 9.17) is 0 Å². The summed E-state index contributed by atoms with van der Waals surface area (Å²) >= 11 is 0.837. The molecule has 1 fully saturated rings. The molecule has 1 atom stereocenters. The highest BCUT2D eigenvalue weighted by atomic mass is 32.2. The normalized spacial score (nSPS) is 18.1. The van der Waals surface area contributed by atoms with Gasteiger partial charge in [-0.2, -0.15) is 0 Å². The first-order chi connectivity index (χ1) is 10.4. The molecule has 1 amide bonds. The molecule has 0 spiro atoms. The molecule has 0 radical (unpaired) electrons. The van der Waals surface area contributed by atoms with Crippen molar-refractivity contribution >= 4 is 32.4 Å². The van der Waals surface area contributed by atoms with Crippen LogP contribution in [0.3, 0.4) is 0 Å². The second-order valence-electron chi connectivity index (χ2n) is 5.35. The van der Waals surface area contributed by atoms with Crippen LogP contribution in [0.5, 0.6) is 0 Å². The summed E-state index contributed by atoms with van der Waals surface area (Å²) in [7, 11) is -3.69. The van der Waals surface area contributed by atoms with Gasteiger partial charge >= 0.3 is 0 Å². The minimum atomic E-state index is -3.69. The third-order valence-electron chi connectivity index (χ3n) is 3.50. The zero-order valence-electron chi connectivity index (χ0n) is 12.7. The molecule has 2 N–H and O–H groups in total. The van der Waals surface area contributed by atoms with E-state index in [2.05, 4.69) is 25.1 Å². The average Bonchev–Trinajstić information content (AvgIpc) is 2.94. The van der Waals surface area contributed by atoms with Crippen LogP contribution in [0.4, 0.5) is 5.13 Å². The van der Waals surface area contributed by atoms with Crippen molar-refractivity contribution in [2.24, 2.45) is 0 Å². The summed E-state index contributed by atoms with van der Waals surface area (Å²) < 4.78 is 26.8. The van der Waals surface area contributed by atoms with Crippen LogP contribution in [0.2, 0.25) is 0 Å². The van der Waals surface area contributed by atoms with Crippen molar-refractivity contribution in [1.29, 1.82) is 0 Å². The fourth-order valence-corrected chi connectivity index (χ4v) is 4.41. The molecule has 1 aromatic rings. The van der Waals surface area contributed by atoms with E-state index in [1.54, 1.807) is 0 Å². The molecule has 0 bridgehead atoms. The van der Waals surface area contributed by atoms with E-state index in [-0.39, 0.29) is 21.4 Å². The summed E-state index contributed by atoms with van der Waals surface area (Å²) in [6, 6.07) is 0.137. The second-order valence-corrected chi connectivity index (χ2v) is 8.27. The third kappa shape index (κ3) is 4.70. The Bertz CT molecular complexity index is 610. The van der Waals surface area contributed by atoms with Gasteiger partial charge in [0.2, 0.25) is 15.4 Å². The summed E-state index contributed by atoms with van der Waals surface area (Å²) in [5.74, 6) is -0.313. The summed E-state index contributed by atoms with van der Waals surface area (Å²) in [6.07, 6.45) is 3.56. The molecule has 0 aromatic carbocycles. The van der Waals surface area contributed by atoms with Crippen LogP contribution in [0.1, 0.15) is 33.1 Å². The Morgan fingerprint density at radius 1 is 1.32 bits per heavy atom. The van der Waals surface area contributed by atoms with Crippen molar-refractivity contribution in [3.05, 3.63) is 0 Å². The monoisotopic (exact) mass is 347 g/mol. The van der Waals surface area contributed by atoms with Gasteiger partial charge in [0, 0.05) is 19.5 Å². The van der Waals surface area contributed by atoms with Crippen LogP contribution in [-0.4, -0.2) is 55.1 Å². The van der Waals surface area contributed by atoms with Crippen molar-refractivity contribution in [2.75, 3.05) is 25.0 Å². The van der Waals surface area contributed by atoms with Crippen molar-refractivity contribution in [3.8, 4) is 0 Å². The van der Waals surface area contributed by atoms with Crippen LogP contribution >= 0.6 is 11.3 Å². The molecule has 1 aliphatic rings. The number of piperidine rings is 1. The van der Waals surface area contributed by atoms with Crippen LogP contribution in [-0.2, 0) is 14.8 Å². The number of aromatic nitrogens is 2. The first kappa shape index (κ1) is 17.3. The predicted octanol–water partition coefficient (Wildman–Crippen LogP) is 0.649. The van der Waals surface area contributed by atoms with E-state index in [0.717, 1.165) is 37.3 Å². The first-order valence-corrected chi connectivity index (χ1v) is 9.53. The molecule has 1 saturated heterocycles. The number of anilines is 1. The van der Waals surface area contributed by atoms with Crippen molar-refractivity contribution in [2.45, 2.75) is 43.5 Å². The Kier molecular flexibility index (Phi) is 5.84. The number of nitrogens with zero attached hydrogens (tertiary/aromatic N) is 3. The van der Waals surface area contributed by atoms with Gasteiger partial charge in [-0.05, 0) is 32.9 Å². The van der Waals surface area contributed by atoms with Gasteiger partial charge in [-0.25, -0.2) is 13.1 Å². The highest BCUT2D eigenvalue weighted by molar-refractivity contribution is 7.91. The molecule has 0 aliphatic carbocycles. The number of nitrogens with one attached hydrogen (secondary N) is 2. The molecule has 2 heterocycles. The molecule has 2 rings (SSSR count). The van der Waals surface area contributed by atoms with Gasteiger partial charge in [0.15, 0.2) is 0 Å². The lowest BCUT2D eigenvalue weighted by molar-refractivity contribution is -0.114. The quantitative estimate of drug-likeness (QED) is 0.732. The standard InChI is InChI=1S/C12H21N5O3S2/c1-9(17-6-4-3-5-7-17)8-13-22(19,20)12-16-15-11(21-12)14-10(2)18/h9,13H,3-8H2,1-2H3,(H,14,15,18). The lowest BCUT2D eigenvalue weighted by Crippen LogP contribution is -2.44. The Balaban J connectivity index is 1.92. The van der Waals surface area contributed by atoms with Crippen molar-refractivity contribution < 1.29 is 13.2 Å². The molecule has 0 saturated carbocycles. The van der Waals surface area contributed by atoms with Crippen LogP contribution < -0.4 is 10.0 Å². The number of likely N-dealkylation sites (tertiary alicyclic amines) is 1. The third-order valence-corrected chi connectivity index (χ3v) is 6.13. The van der Waals surface area contributed by atoms with Crippen LogP contribution in [0, 0.1) is 0 Å². The average molecular weight is 347 g/mol. The minimum Gasteiger partial charge on any atom is -0.301 e. The number of amides is 1. The molecule has 22 heavy (non-hydrogen) atoms. The van der Waals surface area contributed by atoms with Crippen LogP contribution in [0.15, 0.2) is 4.34 Å². The van der Waals surface area contributed by atoms with Gasteiger partial charge in [0.1, 0.15) is 0 Å². The van der Waals surface area contributed by atoms with E-state index in [9.17, 15) is 13.2 Å². The number of rotatable bonds is 6. The molecule has 10 heteroatoms. The van der Waals surface area contributed by atoms with Crippen molar-refractivity contribution in [1.82, 2.24) is 19.8 Å². The fourth-order valence-electron chi connectivity index (χ4n) is 2.30. The molecule has 124 valence electrons. The number of hydrogen-bond donors (Lipinski definition) is 2. The summed E-state index contributed by atoms with van der Waals surface area (Å²) in [4.78, 5) is 13.2. The molecular formula is C12H21N5O3S2. The molecule has 1 unspecified atom stereocenters.